The number of primary amides is 1. The zero-order valence-electron chi connectivity index (χ0n) is 10.8. The summed E-state index contributed by atoms with van der Waals surface area (Å²) in [5, 5.41) is 4.92. The van der Waals surface area contributed by atoms with Crippen LogP contribution in [0.3, 0.4) is 0 Å². The Kier molecular flexibility index (Phi) is 3.44. The number of carbonyl (C=O) groups is 1. The molecule has 3 N–H and O–H groups in total. The summed E-state index contributed by atoms with van der Waals surface area (Å²) in [7, 11) is 0. The predicted molar refractivity (Wildman–Crippen MR) is 79.4 cm³/mol. The van der Waals surface area contributed by atoms with E-state index in [9.17, 15) is 9.59 Å². The van der Waals surface area contributed by atoms with Crippen LogP contribution in [0.2, 0.25) is 0 Å². The van der Waals surface area contributed by atoms with Crippen molar-refractivity contribution in [3.63, 3.8) is 0 Å². The van der Waals surface area contributed by atoms with Gasteiger partial charge in [-0.1, -0.05) is 30.0 Å². The number of H-pyrrole nitrogens is 1. The van der Waals surface area contributed by atoms with Crippen molar-refractivity contribution in [1.29, 1.82) is 0 Å². The Morgan fingerprint density at radius 2 is 2.10 bits per heavy atom. The number of nitrogens with one attached hydrogen (secondary N) is 1. The summed E-state index contributed by atoms with van der Waals surface area (Å²) in [6.45, 7) is 0. The number of aromatic nitrogens is 4. The Morgan fingerprint density at radius 1 is 1.33 bits per heavy atom. The zero-order chi connectivity index (χ0) is 14.8. The van der Waals surface area contributed by atoms with E-state index in [2.05, 4.69) is 15.1 Å². The fraction of sp³-hybridized carbons (Fsp3) is 0.0769. The molecule has 0 aliphatic carbocycles. The number of hydrogen-bond donors (Lipinski definition) is 2. The van der Waals surface area contributed by atoms with Crippen molar-refractivity contribution < 1.29 is 4.79 Å². The van der Waals surface area contributed by atoms with Crippen LogP contribution in [0.15, 0.2) is 46.5 Å². The number of thioether (sulfide) groups is 1. The summed E-state index contributed by atoms with van der Waals surface area (Å²) < 4.78 is 1.58. The monoisotopic (exact) mass is 301 g/mol. The molecule has 2 aromatic heterocycles. The third-order valence-corrected chi connectivity index (χ3v) is 3.66. The number of nitrogens with zero attached hydrogens (tertiary/aromatic N) is 3. The molecular weight excluding hydrogens is 290 g/mol. The molecule has 0 saturated heterocycles. The molecular formula is C13H11N5O2S. The lowest BCUT2D eigenvalue weighted by Crippen LogP contribution is -2.15. The van der Waals surface area contributed by atoms with Crippen molar-refractivity contribution in [2.75, 3.05) is 5.75 Å². The van der Waals surface area contributed by atoms with Gasteiger partial charge in [0.1, 0.15) is 5.39 Å². The third-order valence-electron chi connectivity index (χ3n) is 2.77. The SMILES string of the molecule is NC(=O)CSc1nc2c(cnn2-c2ccccc2)c(=O)[nH]1. The third kappa shape index (κ3) is 2.65. The number of amides is 1. The quantitative estimate of drug-likeness (QED) is 0.544. The first kappa shape index (κ1) is 13.4. The maximum absolute atomic E-state index is 12.0. The topological polar surface area (TPSA) is 107 Å². The average molecular weight is 301 g/mol. The van der Waals surface area contributed by atoms with Gasteiger partial charge in [-0.15, -0.1) is 0 Å². The average Bonchev–Trinajstić information content (AvgIpc) is 2.90. The van der Waals surface area contributed by atoms with Gasteiger partial charge in [-0.2, -0.15) is 5.10 Å². The molecule has 8 heteroatoms. The second-order valence-corrected chi connectivity index (χ2v) is 5.22. The summed E-state index contributed by atoms with van der Waals surface area (Å²) >= 11 is 1.08. The Labute approximate surface area is 123 Å². The van der Waals surface area contributed by atoms with Crippen LogP contribution in [-0.2, 0) is 4.79 Å². The lowest BCUT2D eigenvalue weighted by Gasteiger charge is -2.03. The number of benzene rings is 1. The standard InChI is InChI=1S/C13H11N5O2S/c14-10(19)7-21-13-16-11-9(12(20)17-13)6-15-18(11)8-4-2-1-3-5-8/h1-6H,7H2,(H2,14,19)(H,16,17,20). The maximum Gasteiger partial charge on any atom is 0.262 e. The molecule has 7 nitrogen and oxygen atoms in total. The molecule has 0 saturated carbocycles. The molecule has 0 fully saturated rings. The minimum atomic E-state index is -0.473. The number of para-hydroxylation sites is 1. The van der Waals surface area contributed by atoms with Crippen LogP contribution in [0.25, 0.3) is 16.7 Å². The number of hydrogen-bond acceptors (Lipinski definition) is 5. The van der Waals surface area contributed by atoms with Gasteiger partial charge in [0.2, 0.25) is 5.91 Å². The molecule has 1 amide bonds. The number of aromatic amines is 1. The van der Waals surface area contributed by atoms with Crippen LogP contribution < -0.4 is 11.3 Å². The lowest BCUT2D eigenvalue weighted by molar-refractivity contribution is -0.115. The van der Waals surface area contributed by atoms with Crippen LogP contribution in [-0.4, -0.2) is 31.4 Å². The van der Waals surface area contributed by atoms with Crippen molar-refractivity contribution in [2.24, 2.45) is 5.73 Å². The second kappa shape index (κ2) is 5.41. The highest BCUT2D eigenvalue weighted by Gasteiger charge is 2.12. The van der Waals surface area contributed by atoms with Gasteiger partial charge in [-0.25, -0.2) is 9.67 Å². The Bertz CT molecular complexity index is 856. The fourth-order valence-corrected chi connectivity index (χ4v) is 2.46. The van der Waals surface area contributed by atoms with Crippen LogP contribution in [0, 0.1) is 0 Å². The molecule has 21 heavy (non-hydrogen) atoms. The van der Waals surface area contributed by atoms with Crippen LogP contribution in [0.5, 0.6) is 0 Å². The Balaban J connectivity index is 2.11. The molecule has 3 rings (SSSR count). The van der Waals surface area contributed by atoms with E-state index in [1.54, 1.807) is 4.68 Å². The molecule has 3 aromatic rings. The van der Waals surface area contributed by atoms with Gasteiger partial charge in [0.25, 0.3) is 5.56 Å². The minimum Gasteiger partial charge on any atom is -0.369 e. The van der Waals surface area contributed by atoms with Crippen molar-refractivity contribution in [2.45, 2.75) is 5.16 Å². The van der Waals surface area contributed by atoms with Crippen LogP contribution in [0.1, 0.15) is 0 Å². The van der Waals surface area contributed by atoms with Gasteiger partial charge >= 0.3 is 0 Å². The second-order valence-electron chi connectivity index (χ2n) is 4.26. The summed E-state index contributed by atoms with van der Waals surface area (Å²) in [4.78, 5) is 29.8. The summed E-state index contributed by atoms with van der Waals surface area (Å²) in [6.07, 6.45) is 1.47. The van der Waals surface area contributed by atoms with Crippen molar-refractivity contribution in [3.05, 3.63) is 46.9 Å². The normalized spacial score (nSPS) is 10.9. The first-order valence-corrected chi connectivity index (χ1v) is 7.08. The first-order valence-electron chi connectivity index (χ1n) is 6.10. The highest BCUT2D eigenvalue weighted by molar-refractivity contribution is 7.99. The highest BCUT2D eigenvalue weighted by atomic mass is 32.2. The highest BCUT2D eigenvalue weighted by Crippen LogP contribution is 2.17. The fourth-order valence-electron chi connectivity index (χ4n) is 1.86. The number of fused-ring (bicyclic) bond motifs is 1. The van der Waals surface area contributed by atoms with Gasteiger partial charge in [0.15, 0.2) is 10.8 Å². The summed E-state index contributed by atoms with van der Waals surface area (Å²) in [5.41, 5.74) is 6.04. The molecule has 0 bridgehead atoms. The maximum atomic E-state index is 12.0. The number of nitrogens with two attached hydrogens (primary N) is 1. The molecule has 0 spiro atoms. The Morgan fingerprint density at radius 3 is 2.81 bits per heavy atom. The Hall–Kier alpha value is -2.61. The summed E-state index contributed by atoms with van der Waals surface area (Å²) in [6, 6.07) is 9.37. The molecule has 2 heterocycles. The predicted octanol–water partition coefficient (Wildman–Crippen LogP) is 0.686. The van der Waals surface area contributed by atoms with E-state index in [0.29, 0.717) is 16.2 Å². The molecule has 0 unspecified atom stereocenters. The van der Waals surface area contributed by atoms with Gasteiger partial charge in [0, 0.05) is 0 Å². The van der Waals surface area contributed by atoms with Gasteiger partial charge in [-0.05, 0) is 12.1 Å². The van der Waals surface area contributed by atoms with E-state index in [0.717, 1.165) is 17.4 Å². The summed E-state index contributed by atoms with van der Waals surface area (Å²) in [5.74, 6) is -0.423. The van der Waals surface area contributed by atoms with E-state index in [-0.39, 0.29) is 11.3 Å². The van der Waals surface area contributed by atoms with Crippen LogP contribution in [0.4, 0.5) is 0 Å². The first-order chi connectivity index (χ1) is 10.1. The molecule has 1 aromatic carbocycles. The van der Waals surface area contributed by atoms with Gasteiger partial charge < -0.3 is 10.7 Å². The van der Waals surface area contributed by atoms with Gasteiger partial charge in [0.05, 0.1) is 17.6 Å². The molecule has 0 radical (unpaired) electrons. The number of rotatable bonds is 4. The van der Waals surface area contributed by atoms with E-state index < -0.39 is 5.91 Å². The largest absolute Gasteiger partial charge is 0.369 e. The van der Waals surface area contributed by atoms with E-state index in [1.807, 2.05) is 30.3 Å². The lowest BCUT2D eigenvalue weighted by atomic mass is 10.3. The van der Waals surface area contributed by atoms with E-state index in [1.165, 1.54) is 6.20 Å². The molecule has 0 aliphatic heterocycles. The van der Waals surface area contributed by atoms with Crippen molar-refractivity contribution >= 4 is 28.7 Å². The van der Waals surface area contributed by atoms with Gasteiger partial charge in [-0.3, -0.25) is 9.59 Å². The van der Waals surface area contributed by atoms with E-state index >= 15 is 0 Å². The number of carbonyl (C=O) groups excluding carboxylic acids is 1. The minimum absolute atomic E-state index is 0.0495. The zero-order valence-corrected chi connectivity index (χ0v) is 11.6. The molecule has 0 atom stereocenters. The molecule has 106 valence electrons. The van der Waals surface area contributed by atoms with Crippen LogP contribution >= 0.6 is 11.8 Å². The van der Waals surface area contributed by atoms with E-state index in [4.69, 9.17) is 5.73 Å². The smallest absolute Gasteiger partial charge is 0.262 e. The van der Waals surface area contributed by atoms with Crippen molar-refractivity contribution in [3.8, 4) is 5.69 Å². The molecule has 0 aliphatic rings. The van der Waals surface area contributed by atoms with Crippen molar-refractivity contribution in [1.82, 2.24) is 19.7 Å².